The van der Waals surface area contributed by atoms with Crippen LogP contribution in [-0.4, -0.2) is 40.0 Å². The molecule has 19 heavy (non-hydrogen) atoms. The second-order valence-corrected chi connectivity index (χ2v) is 5.52. The van der Waals surface area contributed by atoms with Gasteiger partial charge >= 0.3 is 0 Å². The summed E-state index contributed by atoms with van der Waals surface area (Å²) in [5.74, 6) is 1.66. The number of benzene rings is 1. The number of methoxy groups -OCH3 is 2. The molecule has 4 nitrogen and oxygen atoms in total. The molecule has 1 fully saturated rings. The lowest BCUT2D eigenvalue weighted by Crippen LogP contribution is -2.65. The van der Waals surface area contributed by atoms with Crippen LogP contribution in [0.5, 0.6) is 11.5 Å². The van der Waals surface area contributed by atoms with Crippen LogP contribution in [0.2, 0.25) is 0 Å². The fourth-order valence-electron chi connectivity index (χ4n) is 2.59. The molecular formula is C15H23NO3. The second kappa shape index (κ2) is 5.02. The Morgan fingerprint density at radius 2 is 1.89 bits per heavy atom. The molecule has 1 aliphatic rings. The Morgan fingerprint density at radius 3 is 2.32 bits per heavy atom. The zero-order chi connectivity index (χ0) is 14.1. The highest BCUT2D eigenvalue weighted by atomic mass is 16.5. The van der Waals surface area contributed by atoms with E-state index in [4.69, 9.17) is 14.2 Å². The summed E-state index contributed by atoms with van der Waals surface area (Å²) in [6, 6.07) is 5.99. The maximum atomic E-state index is 5.55. The quantitative estimate of drug-likeness (QED) is 0.883. The van der Waals surface area contributed by atoms with Crippen LogP contribution >= 0.6 is 0 Å². The second-order valence-electron chi connectivity index (χ2n) is 5.52. The van der Waals surface area contributed by atoms with Gasteiger partial charge in [-0.15, -0.1) is 0 Å². The number of hydrogen-bond donors (Lipinski definition) is 1. The summed E-state index contributed by atoms with van der Waals surface area (Å²) in [5.41, 5.74) is 1.02. The molecule has 0 unspecified atom stereocenters. The summed E-state index contributed by atoms with van der Waals surface area (Å²) in [7, 11) is 5.34. The first-order chi connectivity index (χ1) is 9.00. The Bertz CT molecular complexity index is 453. The average Bonchev–Trinajstić information content (AvgIpc) is 2.37. The van der Waals surface area contributed by atoms with Crippen molar-refractivity contribution in [3.8, 4) is 11.5 Å². The van der Waals surface area contributed by atoms with Crippen molar-refractivity contribution in [1.29, 1.82) is 0 Å². The number of nitrogens with one attached hydrogen (secondary N) is 1. The molecule has 1 saturated heterocycles. The molecule has 1 N–H and O–H groups in total. The van der Waals surface area contributed by atoms with Gasteiger partial charge in [-0.1, -0.05) is 6.07 Å². The Hall–Kier alpha value is -1.26. The summed E-state index contributed by atoms with van der Waals surface area (Å²) in [5, 5.41) is 3.40. The lowest BCUT2D eigenvalue weighted by Gasteiger charge is -2.53. The van der Waals surface area contributed by atoms with Crippen molar-refractivity contribution in [1.82, 2.24) is 5.32 Å². The molecule has 0 aliphatic carbocycles. The van der Waals surface area contributed by atoms with Crippen molar-refractivity contribution in [2.45, 2.75) is 24.8 Å². The van der Waals surface area contributed by atoms with Gasteiger partial charge in [-0.3, -0.25) is 0 Å². The van der Waals surface area contributed by atoms with Crippen molar-refractivity contribution >= 4 is 0 Å². The maximum absolute atomic E-state index is 5.55. The number of rotatable bonds is 5. The molecule has 0 spiro atoms. The highest BCUT2D eigenvalue weighted by Gasteiger charge is 2.53. The molecule has 1 aromatic rings. The van der Waals surface area contributed by atoms with Crippen molar-refractivity contribution in [3.63, 3.8) is 0 Å². The topological polar surface area (TPSA) is 39.7 Å². The fraction of sp³-hybridized carbons (Fsp3) is 0.600. The minimum absolute atomic E-state index is 0.0701. The maximum Gasteiger partial charge on any atom is 0.126 e. The number of likely N-dealkylation sites (N-methyl/N-ethyl adjacent to an activating group) is 1. The average molecular weight is 265 g/mol. The van der Waals surface area contributed by atoms with E-state index >= 15 is 0 Å². The van der Waals surface area contributed by atoms with E-state index in [9.17, 15) is 0 Å². The highest BCUT2D eigenvalue weighted by molar-refractivity contribution is 5.48. The Kier molecular flexibility index (Phi) is 3.74. The van der Waals surface area contributed by atoms with E-state index in [1.54, 1.807) is 14.2 Å². The normalized spacial score (nSPS) is 17.7. The van der Waals surface area contributed by atoms with Gasteiger partial charge in [-0.2, -0.15) is 0 Å². The lowest BCUT2D eigenvalue weighted by molar-refractivity contribution is -0.0999. The van der Waals surface area contributed by atoms with E-state index in [1.807, 2.05) is 19.2 Å². The van der Waals surface area contributed by atoms with Crippen molar-refractivity contribution < 1.29 is 14.2 Å². The minimum atomic E-state index is -0.0763. The Labute approximate surface area is 115 Å². The zero-order valence-electron chi connectivity index (χ0n) is 12.4. The van der Waals surface area contributed by atoms with Crippen LogP contribution in [0.1, 0.15) is 19.4 Å². The molecule has 0 radical (unpaired) electrons. The van der Waals surface area contributed by atoms with Crippen LogP contribution in [0.25, 0.3) is 0 Å². The molecule has 1 aromatic carbocycles. The molecule has 0 atom stereocenters. The van der Waals surface area contributed by atoms with Gasteiger partial charge in [0.15, 0.2) is 0 Å². The van der Waals surface area contributed by atoms with Crippen LogP contribution < -0.4 is 14.8 Å². The van der Waals surface area contributed by atoms with Crippen LogP contribution in [-0.2, 0) is 10.2 Å². The van der Waals surface area contributed by atoms with E-state index in [0.29, 0.717) is 13.2 Å². The molecule has 1 aliphatic heterocycles. The first-order valence-electron chi connectivity index (χ1n) is 6.50. The number of hydrogen-bond acceptors (Lipinski definition) is 4. The van der Waals surface area contributed by atoms with Gasteiger partial charge in [0.05, 0.1) is 32.8 Å². The molecule has 1 heterocycles. The Balaban J connectivity index is 2.50. The van der Waals surface area contributed by atoms with Crippen LogP contribution in [0.3, 0.4) is 0 Å². The van der Waals surface area contributed by atoms with Crippen molar-refractivity contribution in [2.75, 3.05) is 34.5 Å². The van der Waals surface area contributed by atoms with Gasteiger partial charge in [0.2, 0.25) is 0 Å². The van der Waals surface area contributed by atoms with E-state index in [2.05, 4.69) is 25.2 Å². The molecule has 0 saturated carbocycles. The lowest BCUT2D eigenvalue weighted by atomic mass is 9.65. The van der Waals surface area contributed by atoms with E-state index in [1.165, 1.54) is 5.56 Å². The zero-order valence-corrected chi connectivity index (χ0v) is 12.4. The van der Waals surface area contributed by atoms with Gasteiger partial charge in [0, 0.05) is 17.2 Å². The summed E-state index contributed by atoms with van der Waals surface area (Å²) < 4.78 is 16.3. The largest absolute Gasteiger partial charge is 0.497 e. The van der Waals surface area contributed by atoms with Crippen LogP contribution in [0.4, 0.5) is 0 Å². The molecule has 4 heteroatoms. The predicted octanol–water partition coefficient (Wildman–Crippen LogP) is 1.97. The molecule has 106 valence electrons. The van der Waals surface area contributed by atoms with Gasteiger partial charge < -0.3 is 19.5 Å². The summed E-state index contributed by atoms with van der Waals surface area (Å²) in [4.78, 5) is 0. The third-order valence-corrected chi connectivity index (χ3v) is 4.44. The Morgan fingerprint density at radius 1 is 1.21 bits per heavy atom. The monoisotopic (exact) mass is 265 g/mol. The molecule has 0 bridgehead atoms. The third kappa shape index (κ3) is 2.09. The molecule has 0 amide bonds. The van der Waals surface area contributed by atoms with E-state index in [0.717, 1.165) is 11.5 Å². The van der Waals surface area contributed by atoms with E-state index < -0.39 is 0 Å². The van der Waals surface area contributed by atoms with Crippen molar-refractivity contribution in [2.24, 2.45) is 0 Å². The summed E-state index contributed by atoms with van der Waals surface area (Å²) in [6.45, 7) is 5.78. The van der Waals surface area contributed by atoms with Crippen LogP contribution in [0, 0.1) is 0 Å². The molecule has 2 rings (SSSR count). The number of ether oxygens (including phenoxy) is 3. The molecule has 0 aromatic heterocycles. The summed E-state index contributed by atoms with van der Waals surface area (Å²) in [6.07, 6.45) is 0. The fourth-order valence-corrected chi connectivity index (χ4v) is 2.59. The van der Waals surface area contributed by atoms with Gasteiger partial charge in [-0.05, 0) is 27.0 Å². The predicted molar refractivity (Wildman–Crippen MR) is 75.2 cm³/mol. The minimum Gasteiger partial charge on any atom is -0.497 e. The molecular weight excluding hydrogens is 242 g/mol. The smallest absolute Gasteiger partial charge is 0.126 e. The highest BCUT2D eigenvalue weighted by Crippen LogP contribution is 2.46. The van der Waals surface area contributed by atoms with Crippen LogP contribution in [0.15, 0.2) is 18.2 Å². The van der Waals surface area contributed by atoms with Gasteiger partial charge in [0.25, 0.3) is 0 Å². The van der Waals surface area contributed by atoms with Crippen molar-refractivity contribution in [3.05, 3.63) is 23.8 Å². The standard InChI is InChI=1S/C15H23NO3/c1-14(2,16-3)15(9-19-10-15)12-7-6-11(17-4)8-13(12)18-5/h6-8,16H,9-10H2,1-5H3. The first kappa shape index (κ1) is 14.2. The summed E-state index contributed by atoms with van der Waals surface area (Å²) >= 11 is 0. The van der Waals surface area contributed by atoms with Gasteiger partial charge in [0.1, 0.15) is 11.5 Å². The van der Waals surface area contributed by atoms with E-state index in [-0.39, 0.29) is 11.0 Å². The first-order valence-corrected chi connectivity index (χ1v) is 6.50. The third-order valence-electron chi connectivity index (χ3n) is 4.44. The SMILES string of the molecule is CNC(C)(C)C1(c2ccc(OC)cc2OC)COC1. The van der Waals surface area contributed by atoms with Gasteiger partial charge in [-0.25, -0.2) is 0 Å².